The first kappa shape index (κ1) is 14.5. The highest BCUT2D eigenvalue weighted by Crippen LogP contribution is 2.71. The zero-order valence-electron chi connectivity index (χ0n) is 13.3. The third-order valence-corrected chi connectivity index (χ3v) is 6.10. The first-order chi connectivity index (χ1) is 11.1. The van der Waals surface area contributed by atoms with Crippen molar-refractivity contribution in [2.24, 2.45) is 34.8 Å². The topological polar surface area (TPSA) is 72.2 Å². The molecule has 2 bridgehead atoms. The van der Waals surface area contributed by atoms with Crippen molar-refractivity contribution in [1.29, 1.82) is 0 Å². The summed E-state index contributed by atoms with van der Waals surface area (Å²) in [5.41, 5.74) is 7.80. The molecule has 4 heteroatoms. The zero-order chi connectivity index (χ0) is 16.2. The number of nitrogens with two attached hydrogens (primary N) is 1. The zero-order valence-corrected chi connectivity index (χ0v) is 13.3. The Morgan fingerprint density at radius 3 is 2.26 bits per heavy atom. The van der Waals surface area contributed by atoms with E-state index < -0.39 is 0 Å². The molecule has 0 radical (unpaired) electrons. The van der Waals surface area contributed by atoms with Crippen LogP contribution < -0.4 is 11.1 Å². The number of primary amides is 1. The molecule has 0 aliphatic heterocycles. The SMILES string of the molecule is CCc1ccc(NC(=O)[C@H]2[C@@H](C(N)=O)[C@H]3C=C[C@@H]2C32CC2)cc1. The van der Waals surface area contributed by atoms with Gasteiger partial charge in [0.05, 0.1) is 11.8 Å². The van der Waals surface area contributed by atoms with Crippen LogP contribution in [0.5, 0.6) is 0 Å². The van der Waals surface area contributed by atoms with Crippen molar-refractivity contribution in [3.8, 4) is 0 Å². The van der Waals surface area contributed by atoms with Gasteiger partial charge >= 0.3 is 0 Å². The lowest BCUT2D eigenvalue weighted by Gasteiger charge is -2.24. The van der Waals surface area contributed by atoms with Crippen LogP contribution in [-0.2, 0) is 16.0 Å². The number of hydrogen-bond acceptors (Lipinski definition) is 2. The molecule has 0 saturated heterocycles. The van der Waals surface area contributed by atoms with Gasteiger partial charge in [0.25, 0.3) is 0 Å². The molecule has 4 rings (SSSR count). The van der Waals surface area contributed by atoms with Gasteiger partial charge in [-0.2, -0.15) is 0 Å². The molecule has 3 N–H and O–H groups in total. The Balaban J connectivity index is 1.57. The molecular weight excluding hydrogens is 288 g/mol. The van der Waals surface area contributed by atoms with Crippen molar-refractivity contribution in [2.75, 3.05) is 5.32 Å². The van der Waals surface area contributed by atoms with Gasteiger partial charge in [0.15, 0.2) is 0 Å². The van der Waals surface area contributed by atoms with E-state index in [2.05, 4.69) is 24.4 Å². The quantitative estimate of drug-likeness (QED) is 0.839. The number of carbonyl (C=O) groups excluding carboxylic acids is 2. The molecule has 0 heterocycles. The number of carbonyl (C=O) groups is 2. The molecule has 23 heavy (non-hydrogen) atoms. The minimum absolute atomic E-state index is 0.0684. The number of hydrogen-bond donors (Lipinski definition) is 2. The fourth-order valence-corrected chi connectivity index (χ4v) is 4.79. The molecular formula is C19H22N2O2. The number of rotatable bonds is 4. The van der Waals surface area contributed by atoms with Gasteiger partial charge < -0.3 is 11.1 Å². The van der Waals surface area contributed by atoms with Crippen LogP contribution >= 0.6 is 0 Å². The van der Waals surface area contributed by atoms with Crippen molar-refractivity contribution in [2.45, 2.75) is 26.2 Å². The van der Waals surface area contributed by atoms with Crippen LogP contribution in [0, 0.1) is 29.1 Å². The van der Waals surface area contributed by atoms with E-state index in [9.17, 15) is 9.59 Å². The molecule has 0 unspecified atom stereocenters. The molecule has 4 atom stereocenters. The molecule has 3 aliphatic rings. The van der Waals surface area contributed by atoms with Gasteiger partial charge in [0, 0.05) is 5.69 Å². The highest BCUT2D eigenvalue weighted by atomic mass is 16.2. The Labute approximate surface area is 136 Å². The summed E-state index contributed by atoms with van der Waals surface area (Å²) in [5.74, 6) is -0.767. The molecule has 2 fully saturated rings. The maximum absolute atomic E-state index is 12.8. The van der Waals surface area contributed by atoms with Crippen molar-refractivity contribution in [3.63, 3.8) is 0 Å². The smallest absolute Gasteiger partial charge is 0.228 e. The lowest BCUT2D eigenvalue weighted by Crippen LogP contribution is -2.39. The largest absolute Gasteiger partial charge is 0.369 e. The van der Waals surface area contributed by atoms with Gasteiger partial charge in [-0.15, -0.1) is 0 Å². The van der Waals surface area contributed by atoms with Crippen molar-refractivity contribution in [3.05, 3.63) is 42.0 Å². The maximum Gasteiger partial charge on any atom is 0.228 e. The molecule has 1 aromatic rings. The average molecular weight is 310 g/mol. The summed E-state index contributed by atoms with van der Waals surface area (Å²) < 4.78 is 0. The van der Waals surface area contributed by atoms with Crippen LogP contribution in [-0.4, -0.2) is 11.8 Å². The van der Waals surface area contributed by atoms with Gasteiger partial charge in [-0.3, -0.25) is 9.59 Å². The number of nitrogens with one attached hydrogen (secondary N) is 1. The normalized spacial score (nSPS) is 32.2. The minimum atomic E-state index is -0.359. The molecule has 4 nitrogen and oxygen atoms in total. The molecule has 0 aromatic heterocycles. The molecule has 3 aliphatic carbocycles. The van der Waals surface area contributed by atoms with E-state index in [1.807, 2.05) is 24.3 Å². The summed E-state index contributed by atoms with van der Waals surface area (Å²) in [6.07, 6.45) is 7.44. The molecule has 120 valence electrons. The van der Waals surface area contributed by atoms with Crippen LogP contribution in [0.1, 0.15) is 25.3 Å². The first-order valence-corrected chi connectivity index (χ1v) is 8.44. The number of amides is 2. The Morgan fingerprint density at radius 2 is 1.74 bits per heavy atom. The van der Waals surface area contributed by atoms with E-state index >= 15 is 0 Å². The van der Waals surface area contributed by atoms with Crippen LogP contribution in [0.2, 0.25) is 0 Å². The second-order valence-electron chi connectivity index (χ2n) is 7.16. The maximum atomic E-state index is 12.8. The van der Waals surface area contributed by atoms with Crippen LogP contribution in [0.3, 0.4) is 0 Å². The highest BCUT2D eigenvalue weighted by molar-refractivity contribution is 5.97. The first-order valence-electron chi connectivity index (χ1n) is 8.44. The van der Waals surface area contributed by atoms with E-state index in [0.717, 1.165) is 24.9 Å². The highest BCUT2D eigenvalue weighted by Gasteiger charge is 2.69. The Kier molecular flexibility index (Phi) is 3.12. The van der Waals surface area contributed by atoms with Crippen LogP contribution in [0.25, 0.3) is 0 Å². The lowest BCUT2D eigenvalue weighted by atomic mass is 9.82. The summed E-state index contributed by atoms with van der Waals surface area (Å²) in [6, 6.07) is 7.88. The molecule has 2 saturated carbocycles. The van der Waals surface area contributed by atoms with Gasteiger partial charge in [-0.25, -0.2) is 0 Å². The third kappa shape index (κ3) is 2.04. The Bertz CT molecular complexity index is 688. The van der Waals surface area contributed by atoms with Gasteiger partial charge in [-0.1, -0.05) is 31.2 Å². The third-order valence-electron chi connectivity index (χ3n) is 6.10. The molecule has 2 amide bonds. The second-order valence-corrected chi connectivity index (χ2v) is 7.16. The van der Waals surface area contributed by atoms with Crippen molar-refractivity contribution < 1.29 is 9.59 Å². The average Bonchev–Trinajstić information content (AvgIpc) is 3.21. The lowest BCUT2D eigenvalue weighted by molar-refractivity contribution is -0.130. The van der Waals surface area contributed by atoms with E-state index in [4.69, 9.17) is 5.73 Å². The summed E-state index contributed by atoms with van der Waals surface area (Å²) >= 11 is 0. The number of anilines is 1. The summed E-state index contributed by atoms with van der Waals surface area (Å²) in [5, 5.41) is 2.99. The fourth-order valence-electron chi connectivity index (χ4n) is 4.79. The Morgan fingerprint density at radius 1 is 1.13 bits per heavy atom. The van der Waals surface area contributed by atoms with E-state index in [0.29, 0.717) is 0 Å². The summed E-state index contributed by atoms with van der Waals surface area (Å²) in [7, 11) is 0. The van der Waals surface area contributed by atoms with E-state index in [1.54, 1.807) is 0 Å². The Hall–Kier alpha value is -2.10. The van der Waals surface area contributed by atoms with Crippen LogP contribution in [0.15, 0.2) is 36.4 Å². The number of allylic oxidation sites excluding steroid dienone is 2. The van der Waals surface area contributed by atoms with E-state index in [-0.39, 0.29) is 40.9 Å². The molecule has 1 aromatic carbocycles. The van der Waals surface area contributed by atoms with Crippen LogP contribution in [0.4, 0.5) is 5.69 Å². The predicted molar refractivity (Wildman–Crippen MR) is 88.4 cm³/mol. The second kappa shape index (κ2) is 4.95. The summed E-state index contributed by atoms with van der Waals surface area (Å²) in [4.78, 5) is 24.8. The standard InChI is InChI=1S/C19H22N2O2/c1-2-11-3-5-12(6-4-11)21-18(23)16-14-8-7-13(15(16)17(20)22)19(14)9-10-19/h3-8,13-16H,2,9-10H2,1H3,(H2,20,22)(H,21,23)/t13-,14+,15+,16-/m1/s1. The van der Waals surface area contributed by atoms with Crippen molar-refractivity contribution >= 4 is 17.5 Å². The van der Waals surface area contributed by atoms with Gasteiger partial charge in [0.1, 0.15) is 0 Å². The fraction of sp³-hybridized carbons (Fsp3) is 0.474. The predicted octanol–water partition coefficient (Wildman–Crippen LogP) is 2.50. The van der Waals surface area contributed by atoms with Gasteiger partial charge in [0.2, 0.25) is 11.8 Å². The van der Waals surface area contributed by atoms with Crippen molar-refractivity contribution in [1.82, 2.24) is 0 Å². The molecule has 1 spiro atoms. The van der Waals surface area contributed by atoms with Gasteiger partial charge in [-0.05, 0) is 54.2 Å². The number of aryl methyl sites for hydroxylation is 1. The van der Waals surface area contributed by atoms with E-state index in [1.165, 1.54) is 5.56 Å². The minimum Gasteiger partial charge on any atom is -0.369 e. The summed E-state index contributed by atoms with van der Waals surface area (Å²) in [6.45, 7) is 2.10. The number of benzene rings is 1. The monoisotopic (exact) mass is 310 g/mol.